The van der Waals surface area contributed by atoms with Crippen LogP contribution in [-0.2, 0) is 16.6 Å². The summed E-state index contributed by atoms with van der Waals surface area (Å²) in [5.41, 5.74) is 2.64. The summed E-state index contributed by atoms with van der Waals surface area (Å²) in [6.45, 7) is 3.82. The molecule has 0 aliphatic heterocycles. The molecule has 0 aromatic carbocycles. The van der Waals surface area contributed by atoms with Gasteiger partial charge in [0, 0.05) is 24.9 Å². The molecule has 0 radical (unpaired) electrons. The van der Waals surface area contributed by atoms with Gasteiger partial charge >= 0.3 is 5.97 Å². The Labute approximate surface area is 115 Å². The van der Waals surface area contributed by atoms with E-state index in [0.29, 0.717) is 0 Å². The van der Waals surface area contributed by atoms with Gasteiger partial charge in [-0.25, -0.2) is 9.78 Å². The average Bonchev–Trinajstić information content (AvgIpc) is 2.95. The molecule has 0 N–H and O–H groups in total. The van der Waals surface area contributed by atoms with Gasteiger partial charge < -0.3 is 4.74 Å². The molecule has 5 nitrogen and oxygen atoms in total. The van der Waals surface area contributed by atoms with Crippen molar-refractivity contribution in [3.8, 4) is 11.3 Å². The van der Waals surface area contributed by atoms with Crippen LogP contribution in [0.15, 0.2) is 18.5 Å². The quantitative estimate of drug-likeness (QED) is 0.638. The smallest absolute Gasteiger partial charge is 0.330 e. The Kier molecular flexibility index (Phi) is 3.80. The highest BCUT2D eigenvalue weighted by molar-refractivity contribution is 7.13. The van der Waals surface area contributed by atoms with Crippen LogP contribution in [0.1, 0.15) is 16.8 Å². The van der Waals surface area contributed by atoms with Crippen molar-refractivity contribution in [1.82, 2.24) is 14.8 Å². The van der Waals surface area contributed by atoms with E-state index in [2.05, 4.69) is 14.8 Å². The van der Waals surface area contributed by atoms with Crippen LogP contribution in [0.3, 0.4) is 0 Å². The summed E-state index contributed by atoms with van der Waals surface area (Å²) in [5, 5.41) is 5.10. The predicted octanol–water partition coefficient (Wildman–Crippen LogP) is 2.43. The third-order valence-electron chi connectivity index (χ3n) is 2.61. The summed E-state index contributed by atoms with van der Waals surface area (Å²) in [4.78, 5) is 16.8. The van der Waals surface area contributed by atoms with Crippen molar-refractivity contribution in [3.63, 3.8) is 0 Å². The lowest BCUT2D eigenvalue weighted by atomic mass is 10.1. The number of aryl methyl sites for hydroxylation is 2. The van der Waals surface area contributed by atoms with Crippen molar-refractivity contribution >= 4 is 22.9 Å². The van der Waals surface area contributed by atoms with Gasteiger partial charge in [-0.3, -0.25) is 4.68 Å². The Morgan fingerprint density at radius 3 is 2.84 bits per heavy atom. The minimum Gasteiger partial charge on any atom is -0.466 e. The summed E-state index contributed by atoms with van der Waals surface area (Å²) < 4.78 is 6.38. The van der Waals surface area contributed by atoms with E-state index in [0.717, 1.165) is 26.7 Å². The zero-order valence-corrected chi connectivity index (χ0v) is 12.1. The van der Waals surface area contributed by atoms with E-state index in [-0.39, 0.29) is 5.97 Å². The Morgan fingerprint density at radius 1 is 1.53 bits per heavy atom. The number of carbonyl (C=O) groups excluding carboxylic acids is 1. The van der Waals surface area contributed by atoms with Crippen LogP contribution in [0.4, 0.5) is 0 Å². The fraction of sp³-hybridized carbons (Fsp3) is 0.308. The average molecular weight is 277 g/mol. The number of nitrogens with zero attached hydrogens (tertiary/aromatic N) is 3. The molecular weight excluding hydrogens is 262 g/mol. The number of allylic oxidation sites excluding steroid dienone is 1. The van der Waals surface area contributed by atoms with Gasteiger partial charge in [0.05, 0.1) is 28.9 Å². The SMILES string of the molecule is COC(=O)/C=C(\C)c1sc(C)nc1-c1cnn(C)c1. The zero-order chi connectivity index (χ0) is 14.0. The zero-order valence-electron chi connectivity index (χ0n) is 11.3. The lowest BCUT2D eigenvalue weighted by Crippen LogP contribution is -1.95. The molecule has 2 aromatic heterocycles. The third kappa shape index (κ3) is 2.90. The van der Waals surface area contributed by atoms with Gasteiger partial charge in [-0.1, -0.05) is 0 Å². The molecule has 19 heavy (non-hydrogen) atoms. The molecule has 2 heterocycles. The second kappa shape index (κ2) is 5.36. The molecule has 0 saturated carbocycles. The number of thiazole rings is 1. The number of esters is 1. The van der Waals surface area contributed by atoms with Crippen molar-refractivity contribution in [1.29, 1.82) is 0 Å². The molecule has 0 unspecified atom stereocenters. The molecule has 6 heteroatoms. The standard InChI is InChI=1S/C13H15N3O2S/c1-8(5-11(17)18-4)13-12(15-9(2)19-13)10-6-14-16(3)7-10/h5-7H,1-4H3/b8-5+. The Bertz CT molecular complexity index is 640. The van der Waals surface area contributed by atoms with Crippen LogP contribution in [0.25, 0.3) is 16.8 Å². The monoisotopic (exact) mass is 277 g/mol. The summed E-state index contributed by atoms with van der Waals surface area (Å²) in [6.07, 6.45) is 5.15. The van der Waals surface area contributed by atoms with Crippen molar-refractivity contribution in [2.75, 3.05) is 7.11 Å². The second-order valence-corrected chi connectivity index (χ2v) is 5.37. The highest BCUT2D eigenvalue weighted by atomic mass is 32.1. The van der Waals surface area contributed by atoms with Gasteiger partial charge in [0.1, 0.15) is 0 Å². The molecule has 0 atom stereocenters. The molecule has 0 saturated heterocycles. The first-order chi connectivity index (χ1) is 9.01. The van der Waals surface area contributed by atoms with E-state index in [1.165, 1.54) is 13.2 Å². The van der Waals surface area contributed by atoms with Crippen LogP contribution >= 0.6 is 11.3 Å². The first-order valence-corrected chi connectivity index (χ1v) is 6.56. The van der Waals surface area contributed by atoms with Crippen LogP contribution in [0.5, 0.6) is 0 Å². The molecular formula is C13H15N3O2S. The molecule has 0 aliphatic rings. The van der Waals surface area contributed by atoms with Crippen molar-refractivity contribution in [3.05, 3.63) is 28.4 Å². The Hall–Kier alpha value is -1.95. The summed E-state index contributed by atoms with van der Waals surface area (Å²) >= 11 is 1.55. The van der Waals surface area contributed by atoms with Gasteiger partial charge in [0.15, 0.2) is 0 Å². The van der Waals surface area contributed by atoms with Crippen LogP contribution in [-0.4, -0.2) is 27.8 Å². The number of aromatic nitrogens is 3. The number of rotatable bonds is 3. The lowest BCUT2D eigenvalue weighted by Gasteiger charge is -2.00. The first kappa shape index (κ1) is 13.5. The molecule has 0 aliphatic carbocycles. The number of hydrogen-bond acceptors (Lipinski definition) is 5. The van der Waals surface area contributed by atoms with Crippen molar-refractivity contribution < 1.29 is 9.53 Å². The van der Waals surface area contributed by atoms with Crippen LogP contribution in [0.2, 0.25) is 0 Å². The number of hydrogen-bond donors (Lipinski definition) is 0. The largest absolute Gasteiger partial charge is 0.466 e. The lowest BCUT2D eigenvalue weighted by molar-refractivity contribution is -0.134. The highest BCUT2D eigenvalue weighted by Crippen LogP contribution is 2.33. The first-order valence-electron chi connectivity index (χ1n) is 5.74. The molecule has 0 fully saturated rings. The summed E-state index contributed by atoms with van der Waals surface area (Å²) in [5.74, 6) is -0.360. The minimum atomic E-state index is -0.360. The molecule has 0 spiro atoms. The Balaban J connectivity index is 2.47. The van der Waals surface area contributed by atoms with E-state index in [9.17, 15) is 4.79 Å². The van der Waals surface area contributed by atoms with Gasteiger partial charge in [0.25, 0.3) is 0 Å². The Morgan fingerprint density at radius 2 is 2.26 bits per heavy atom. The molecule has 2 aromatic rings. The number of ether oxygens (including phenoxy) is 1. The van der Waals surface area contributed by atoms with E-state index in [4.69, 9.17) is 0 Å². The summed E-state index contributed by atoms with van der Waals surface area (Å²) in [7, 11) is 3.23. The van der Waals surface area contributed by atoms with Crippen molar-refractivity contribution in [2.24, 2.45) is 7.05 Å². The number of carbonyl (C=O) groups is 1. The molecule has 0 bridgehead atoms. The maximum Gasteiger partial charge on any atom is 0.330 e. The highest BCUT2D eigenvalue weighted by Gasteiger charge is 2.15. The van der Waals surface area contributed by atoms with E-state index in [1.807, 2.05) is 27.1 Å². The van der Waals surface area contributed by atoms with Gasteiger partial charge in [-0.2, -0.15) is 5.10 Å². The fourth-order valence-electron chi connectivity index (χ4n) is 1.73. The maximum atomic E-state index is 11.3. The van der Waals surface area contributed by atoms with Gasteiger partial charge in [-0.15, -0.1) is 11.3 Å². The molecule has 0 amide bonds. The van der Waals surface area contributed by atoms with Crippen LogP contribution in [0, 0.1) is 6.92 Å². The van der Waals surface area contributed by atoms with E-state index < -0.39 is 0 Å². The third-order valence-corrected chi connectivity index (χ3v) is 3.71. The van der Waals surface area contributed by atoms with Gasteiger partial charge in [-0.05, 0) is 19.4 Å². The number of methoxy groups -OCH3 is 1. The molecule has 100 valence electrons. The fourth-order valence-corrected chi connectivity index (χ4v) is 2.65. The minimum absolute atomic E-state index is 0.360. The topological polar surface area (TPSA) is 57.0 Å². The predicted molar refractivity (Wildman–Crippen MR) is 74.7 cm³/mol. The van der Waals surface area contributed by atoms with E-state index >= 15 is 0 Å². The maximum absolute atomic E-state index is 11.3. The van der Waals surface area contributed by atoms with Gasteiger partial charge in [0.2, 0.25) is 0 Å². The summed E-state index contributed by atoms with van der Waals surface area (Å²) in [6, 6.07) is 0. The normalized spacial score (nSPS) is 11.7. The van der Waals surface area contributed by atoms with Crippen LogP contribution < -0.4 is 0 Å². The molecule has 2 rings (SSSR count). The second-order valence-electron chi connectivity index (χ2n) is 4.16. The van der Waals surface area contributed by atoms with Crippen molar-refractivity contribution in [2.45, 2.75) is 13.8 Å². The van der Waals surface area contributed by atoms with E-state index in [1.54, 1.807) is 22.2 Å².